The van der Waals surface area contributed by atoms with Crippen LogP contribution in [0.2, 0.25) is 0 Å². The average molecular weight is 293 g/mol. The number of hydrogen-bond acceptors (Lipinski definition) is 4. The van der Waals surface area contributed by atoms with Crippen molar-refractivity contribution in [2.45, 2.75) is 39.3 Å². The van der Waals surface area contributed by atoms with Crippen LogP contribution in [0.25, 0.3) is 0 Å². The number of carbonyl (C=O) groups is 3. The van der Waals surface area contributed by atoms with Crippen LogP contribution in [0.4, 0.5) is 0 Å². The summed E-state index contributed by atoms with van der Waals surface area (Å²) in [5.41, 5.74) is -0.490. The van der Waals surface area contributed by atoms with E-state index in [-0.39, 0.29) is 17.2 Å². The Morgan fingerprint density at radius 3 is 2.43 bits per heavy atom. The molecule has 0 radical (unpaired) electrons. The van der Waals surface area contributed by atoms with Crippen molar-refractivity contribution >= 4 is 17.8 Å². The molecule has 0 saturated carbocycles. The number of pyridine rings is 1. The summed E-state index contributed by atoms with van der Waals surface area (Å²) in [5, 5.41) is 14.1. The summed E-state index contributed by atoms with van der Waals surface area (Å²) < 4.78 is 0. The number of carboxylic acid groups (broad SMARTS) is 1. The molecule has 1 aromatic rings. The summed E-state index contributed by atoms with van der Waals surface area (Å²) in [5.74, 6) is -2.07. The van der Waals surface area contributed by atoms with Crippen LogP contribution >= 0.6 is 0 Å². The lowest BCUT2D eigenvalue weighted by atomic mass is 10.1. The third-order valence-electron chi connectivity index (χ3n) is 2.48. The number of nitrogens with zero attached hydrogens (tertiary/aromatic N) is 1. The fraction of sp³-hybridized carbons (Fsp3) is 0.429. The molecule has 7 nitrogen and oxygen atoms in total. The van der Waals surface area contributed by atoms with Gasteiger partial charge in [-0.15, -0.1) is 0 Å². The average Bonchev–Trinajstić information content (AvgIpc) is 2.36. The van der Waals surface area contributed by atoms with Crippen molar-refractivity contribution in [1.29, 1.82) is 0 Å². The topological polar surface area (TPSA) is 108 Å². The van der Waals surface area contributed by atoms with E-state index in [0.29, 0.717) is 0 Å². The fourth-order valence-electron chi connectivity index (χ4n) is 1.51. The molecule has 1 heterocycles. The van der Waals surface area contributed by atoms with Gasteiger partial charge in [-0.25, -0.2) is 9.78 Å². The maximum atomic E-state index is 12.0. The van der Waals surface area contributed by atoms with E-state index in [1.54, 1.807) is 6.92 Å². The largest absolute Gasteiger partial charge is 0.477 e. The highest BCUT2D eigenvalue weighted by Gasteiger charge is 2.21. The van der Waals surface area contributed by atoms with Crippen molar-refractivity contribution in [3.05, 3.63) is 29.6 Å². The summed E-state index contributed by atoms with van der Waals surface area (Å²) in [4.78, 5) is 38.3. The normalized spacial score (nSPS) is 12.4. The van der Waals surface area contributed by atoms with Crippen LogP contribution in [-0.2, 0) is 4.79 Å². The second-order valence-corrected chi connectivity index (χ2v) is 5.67. The summed E-state index contributed by atoms with van der Waals surface area (Å²) in [6.07, 6.45) is 1.23. The smallest absolute Gasteiger partial charge is 0.354 e. The number of carbonyl (C=O) groups excluding carboxylic acids is 2. The quantitative estimate of drug-likeness (QED) is 0.761. The molecule has 0 aliphatic heterocycles. The Balaban J connectivity index is 2.75. The van der Waals surface area contributed by atoms with Crippen LogP contribution < -0.4 is 10.6 Å². The molecule has 0 bridgehead atoms. The summed E-state index contributed by atoms with van der Waals surface area (Å²) in [6, 6.07) is 1.81. The Labute approximate surface area is 122 Å². The van der Waals surface area contributed by atoms with Gasteiger partial charge in [0, 0.05) is 17.3 Å². The van der Waals surface area contributed by atoms with Crippen LogP contribution in [-0.4, -0.2) is 39.5 Å². The molecule has 0 spiro atoms. The van der Waals surface area contributed by atoms with Gasteiger partial charge in [0.25, 0.3) is 5.91 Å². The molecule has 1 rings (SSSR count). The molecule has 0 fully saturated rings. The van der Waals surface area contributed by atoms with Crippen molar-refractivity contribution in [1.82, 2.24) is 15.6 Å². The van der Waals surface area contributed by atoms with Gasteiger partial charge in [-0.3, -0.25) is 9.59 Å². The van der Waals surface area contributed by atoms with Crippen LogP contribution in [0.15, 0.2) is 18.3 Å². The van der Waals surface area contributed by atoms with Crippen LogP contribution in [0.5, 0.6) is 0 Å². The van der Waals surface area contributed by atoms with E-state index >= 15 is 0 Å². The first-order chi connectivity index (χ1) is 9.60. The zero-order valence-electron chi connectivity index (χ0n) is 12.4. The maximum absolute atomic E-state index is 12.0. The minimum absolute atomic E-state index is 0.137. The molecule has 2 amide bonds. The third kappa shape index (κ3) is 5.21. The Kier molecular flexibility index (Phi) is 5.02. The number of rotatable bonds is 4. The minimum Gasteiger partial charge on any atom is -0.477 e. The zero-order valence-corrected chi connectivity index (χ0v) is 12.4. The van der Waals surface area contributed by atoms with Crippen LogP contribution in [0.3, 0.4) is 0 Å². The Hall–Kier alpha value is -2.44. The van der Waals surface area contributed by atoms with Crippen molar-refractivity contribution in [3.8, 4) is 0 Å². The molecular weight excluding hydrogens is 274 g/mol. The highest BCUT2D eigenvalue weighted by molar-refractivity contribution is 5.99. The molecule has 0 aliphatic rings. The molecule has 1 aromatic heterocycles. The van der Waals surface area contributed by atoms with Gasteiger partial charge < -0.3 is 15.7 Å². The van der Waals surface area contributed by atoms with Crippen molar-refractivity contribution in [3.63, 3.8) is 0 Å². The fourth-order valence-corrected chi connectivity index (χ4v) is 1.51. The van der Waals surface area contributed by atoms with E-state index in [1.807, 2.05) is 20.8 Å². The van der Waals surface area contributed by atoms with Gasteiger partial charge in [-0.2, -0.15) is 0 Å². The van der Waals surface area contributed by atoms with Crippen molar-refractivity contribution < 1.29 is 19.5 Å². The van der Waals surface area contributed by atoms with Gasteiger partial charge in [0.2, 0.25) is 5.91 Å². The minimum atomic E-state index is -1.22. The summed E-state index contributed by atoms with van der Waals surface area (Å²) in [6.45, 7) is 7.06. The predicted octanol–water partition coefficient (Wildman–Crippen LogP) is 0.813. The monoisotopic (exact) mass is 293 g/mol. The van der Waals surface area contributed by atoms with E-state index in [0.717, 1.165) is 6.07 Å². The van der Waals surface area contributed by atoms with Crippen molar-refractivity contribution in [2.75, 3.05) is 0 Å². The molecule has 3 N–H and O–H groups in total. The maximum Gasteiger partial charge on any atom is 0.354 e. The molecule has 0 saturated heterocycles. The Bertz CT molecular complexity index is 564. The SMILES string of the molecule is CC(NC(=O)c1ccnc(C(=O)O)c1)C(=O)NC(C)(C)C. The molecular formula is C14H19N3O4. The predicted molar refractivity (Wildman–Crippen MR) is 76.0 cm³/mol. The van der Waals surface area contributed by atoms with Gasteiger partial charge >= 0.3 is 5.97 Å². The summed E-state index contributed by atoms with van der Waals surface area (Å²) >= 11 is 0. The number of aromatic carboxylic acids is 1. The van der Waals surface area contributed by atoms with Gasteiger partial charge in [-0.05, 0) is 39.8 Å². The van der Waals surface area contributed by atoms with Crippen molar-refractivity contribution in [2.24, 2.45) is 0 Å². The van der Waals surface area contributed by atoms with Gasteiger partial charge in [0.05, 0.1) is 0 Å². The highest BCUT2D eigenvalue weighted by Crippen LogP contribution is 2.04. The molecule has 21 heavy (non-hydrogen) atoms. The molecule has 1 atom stereocenters. The first kappa shape index (κ1) is 16.6. The third-order valence-corrected chi connectivity index (χ3v) is 2.48. The molecule has 1 unspecified atom stereocenters. The lowest BCUT2D eigenvalue weighted by molar-refractivity contribution is -0.124. The second-order valence-electron chi connectivity index (χ2n) is 5.67. The lowest BCUT2D eigenvalue weighted by Crippen LogP contribution is -2.50. The number of nitrogens with one attached hydrogen (secondary N) is 2. The second kappa shape index (κ2) is 6.34. The Morgan fingerprint density at radius 1 is 1.29 bits per heavy atom. The number of amides is 2. The van der Waals surface area contributed by atoms with E-state index in [2.05, 4.69) is 15.6 Å². The van der Waals surface area contributed by atoms with E-state index < -0.39 is 23.5 Å². The molecule has 114 valence electrons. The number of aromatic nitrogens is 1. The zero-order chi connectivity index (χ0) is 16.2. The summed E-state index contributed by atoms with van der Waals surface area (Å²) in [7, 11) is 0. The van der Waals surface area contributed by atoms with Gasteiger partial charge in [0.15, 0.2) is 0 Å². The van der Waals surface area contributed by atoms with E-state index in [4.69, 9.17) is 5.11 Å². The first-order valence-corrected chi connectivity index (χ1v) is 6.42. The molecule has 0 aromatic carbocycles. The first-order valence-electron chi connectivity index (χ1n) is 6.42. The molecule has 7 heteroatoms. The lowest BCUT2D eigenvalue weighted by Gasteiger charge is -2.23. The van der Waals surface area contributed by atoms with E-state index in [1.165, 1.54) is 12.3 Å². The van der Waals surface area contributed by atoms with Crippen LogP contribution in [0.1, 0.15) is 48.5 Å². The number of carboxylic acids is 1. The van der Waals surface area contributed by atoms with Gasteiger partial charge in [-0.1, -0.05) is 0 Å². The van der Waals surface area contributed by atoms with Gasteiger partial charge in [0.1, 0.15) is 11.7 Å². The Morgan fingerprint density at radius 2 is 1.90 bits per heavy atom. The standard InChI is InChI=1S/C14H19N3O4/c1-8(11(18)17-14(2,3)4)16-12(19)9-5-6-15-10(7-9)13(20)21/h5-8H,1-4H3,(H,16,19)(H,17,18)(H,20,21). The highest BCUT2D eigenvalue weighted by atomic mass is 16.4. The van der Waals surface area contributed by atoms with E-state index in [9.17, 15) is 14.4 Å². The molecule has 0 aliphatic carbocycles. The number of hydrogen-bond donors (Lipinski definition) is 3. The van der Waals surface area contributed by atoms with Crippen LogP contribution in [0, 0.1) is 0 Å².